The fraction of sp³-hybridized carbons (Fsp3) is 0.160. The third-order valence-corrected chi connectivity index (χ3v) is 6.57. The Hall–Kier alpha value is -3.53. The molecule has 0 spiro atoms. The first-order valence-corrected chi connectivity index (χ1v) is 12.4. The monoisotopic (exact) mass is 514 g/mol. The number of carbonyl (C=O) groups is 3. The molecule has 0 saturated carbocycles. The number of nitrogens with one attached hydrogen (secondary N) is 2. The number of aryl methyl sites for hydroxylation is 1. The average Bonchev–Trinajstić information content (AvgIpc) is 2.85. The lowest BCUT2D eigenvalue weighted by molar-refractivity contribution is -0.147. The number of halogens is 1. The molecule has 3 rings (SSSR count). The number of ether oxygens (including phenoxy) is 1. The molecule has 0 unspecified atom stereocenters. The van der Waals surface area contributed by atoms with E-state index in [2.05, 4.69) is 10.0 Å². The highest BCUT2D eigenvalue weighted by atomic mass is 35.5. The van der Waals surface area contributed by atoms with Crippen molar-refractivity contribution in [2.24, 2.45) is 0 Å². The maximum absolute atomic E-state index is 13.0. The fourth-order valence-electron chi connectivity index (χ4n) is 3.03. The third kappa shape index (κ3) is 7.48. The summed E-state index contributed by atoms with van der Waals surface area (Å²) in [5.74, 6) is -2.06. The molecule has 0 heterocycles. The second-order valence-corrected chi connectivity index (χ2v) is 9.77. The number of carbonyl (C=O) groups excluding carboxylic acids is 3. The van der Waals surface area contributed by atoms with Crippen LogP contribution in [0.1, 0.15) is 27.6 Å². The molecular formula is C25H23ClN2O6S. The number of Topliss-reactive ketones (excluding diaryl/α,β-unsaturated/α-hetero) is 1. The van der Waals surface area contributed by atoms with E-state index in [-0.39, 0.29) is 4.90 Å². The first kappa shape index (κ1) is 26.1. The van der Waals surface area contributed by atoms with Crippen molar-refractivity contribution in [3.63, 3.8) is 0 Å². The van der Waals surface area contributed by atoms with Crippen molar-refractivity contribution >= 4 is 39.3 Å². The van der Waals surface area contributed by atoms with Gasteiger partial charge in [0.05, 0.1) is 11.4 Å². The van der Waals surface area contributed by atoms with Crippen molar-refractivity contribution in [2.75, 3.05) is 13.1 Å². The van der Waals surface area contributed by atoms with Crippen molar-refractivity contribution in [3.8, 4) is 0 Å². The molecule has 0 aliphatic rings. The van der Waals surface area contributed by atoms with Crippen LogP contribution in [0.15, 0.2) is 83.8 Å². The fourth-order valence-corrected chi connectivity index (χ4v) is 4.14. The Kier molecular flexibility index (Phi) is 8.75. The van der Waals surface area contributed by atoms with Crippen molar-refractivity contribution < 1.29 is 27.5 Å². The third-order valence-electron chi connectivity index (χ3n) is 4.90. The zero-order valence-corrected chi connectivity index (χ0v) is 20.3. The Balaban J connectivity index is 1.59. The van der Waals surface area contributed by atoms with E-state index in [0.29, 0.717) is 16.1 Å². The van der Waals surface area contributed by atoms with Crippen LogP contribution >= 0.6 is 11.6 Å². The lowest BCUT2D eigenvalue weighted by Crippen LogP contribution is -2.39. The van der Waals surface area contributed by atoms with Gasteiger partial charge in [-0.3, -0.25) is 14.4 Å². The zero-order chi connectivity index (χ0) is 25.4. The molecule has 0 aromatic heterocycles. The molecule has 2 N–H and O–H groups in total. The number of rotatable bonds is 10. The van der Waals surface area contributed by atoms with Gasteiger partial charge in [0.2, 0.25) is 21.7 Å². The summed E-state index contributed by atoms with van der Waals surface area (Å²) in [6, 6.07) is 20.7. The molecule has 1 amide bonds. The summed E-state index contributed by atoms with van der Waals surface area (Å²) in [5, 5.41) is 2.74. The predicted molar refractivity (Wildman–Crippen MR) is 130 cm³/mol. The minimum Gasteiger partial charge on any atom is -0.448 e. The van der Waals surface area contributed by atoms with Gasteiger partial charge in [-0.05, 0) is 43.3 Å². The summed E-state index contributed by atoms with van der Waals surface area (Å²) in [6.07, 6.45) is -1.23. The van der Waals surface area contributed by atoms with Crippen LogP contribution in [0.25, 0.3) is 0 Å². The van der Waals surface area contributed by atoms with Crippen LogP contribution in [0, 0.1) is 6.92 Å². The van der Waals surface area contributed by atoms with Crippen molar-refractivity contribution in [2.45, 2.75) is 17.9 Å². The normalized spacial score (nSPS) is 11.9. The molecule has 0 bridgehead atoms. The molecule has 1 atom stereocenters. The Morgan fingerprint density at radius 1 is 0.886 bits per heavy atom. The molecule has 0 aliphatic carbocycles. The van der Waals surface area contributed by atoms with Gasteiger partial charge in [-0.15, -0.1) is 0 Å². The maximum atomic E-state index is 13.0. The Morgan fingerprint density at radius 3 is 2.14 bits per heavy atom. The summed E-state index contributed by atoms with van der Waals surface area (Å²) >= 11 is 5.88. The number of amides is 1. The lowest BCUT2D eigenvalue weighted by atomic mass is 10.00. The van der Waals surface area contributed by atoms with Crippen LogP contribution in [0.5, 0.6) is 0 Å². The van der Waals surface area contributed by atoms with Gasteiger partial charge in [-0.2, -0.15) is 0 Å². The predicted octanol–water partition coefficient (Wildman–Crippen LogP) is 3.21. The zero-order valence-electron chi connectivity index (χ0n) is 18.7. The van der Waals surface area contributed by atoms with Crippen molar-refractivity contribution in [1.29, 1.82) is 0 Å². The minimum absolute atomic E-state index is 0.0155. The van der Waals surface area contributed by atoms with E-state index >= 15 is 0 Å². The van der Waals surface area contributed by atoms with E-state index in [0.717, 1.165) is 5.56 Å². The standard InChI is InChI=1S/C25H23ClN2O6S/c1-17-7-13-21(14-8-17)35(32,33)28-15-22(29)27-16-23(30)34-25(19-5-3-2-4-6-19)24(31)18-9-11-20(26)12-10-18/h2-14,25,28H,15-16H2,1H3,(H,27,29)/t25-/m1/s1. The molecule has 8 nitrogen and oxygen atoms in total. The second-order valence-electron chi connectivity index (χ2n) is 7.57. The highest BCUT2D eigenvalue weighted by molar-refractivity contribution is 7.89. The molecular weight excluding hydrogens is 492 g/mol. The highest BCUT2D eigenvalue weighted by Crippen LogP contribution is 2.23. The molecule has 10 heteroatoms. The van der Waals surface area contributed by atoms with E-state index < -0.39 is 46.9 Å². The highest BCUT2D eigenvalue weighted by Gasteiger charge is 2.26. The Morgan fingerprint density at radius 2 is 1.51 bits per heavy atom. The number of hydrogen-bond donors (Lipinski definition) is 2. The van der Waals surface area contributed by atoms with Crippen molar-refractivity contribution in [3.05, 3.63) is 101 Å². The smallest absolute Gasteiger partial charge is 0.326 e. The molecule has 182 valence electrons. The van der Waals surface area contributed by atoms with Gasteiger partial charge >= 0.3 is 5.97 Å². The molecule has 3 aromatic carbocycles. The number of sulfonamides is 1. The molecule has 35 heavy (non-hydrogen) atoms. The minimum atomic E-state index is -3.89. The Bertz CT molecular complexity index is 1290. The summed E-state index contributed by atoms with van der Waals surface area (Å²) in [6.45, 7) is 0.694. The van der Waals surface area contributed by atoms with Crippen LogP contribution in [0.2, 0.25) is 5.02 Å². The molecule has 0 saturated heterocycles. The van der Waals surface area contributed by atoms with Crippen LogP contribution in [0.3, 0.4) is 0 Å². The summed E-state index contributed by atoms with van der Waals surface area (Å²) < 4.78 is 32.1. The average molecular weight is 515 g/mol. The maximum Gasteiger partial charge on any atom is 0.326 e. The van der Waals surface area contributed by atoms with Gasteiger partial charge < -0.3 is 10.1 Å². The molecule has 0 radical (unpaired) electrons. The van der Waals surface area contributed by atoms with Crippen LogP contribution in [-0.4, -0.2) is 39.2 Å². The van der Waals surface area contributed by atoms with Gasteiger partial charge in [0, 0.05) is 16.1 Å². The van der Waals surface area contributed by atoms with Gasteiger partial charge in [-0.1, -0.05) is 59.6 Å². The lowest BCUT2D eigenvalue weighted by Gasteiger charge is -2.18. The topological polar surface area (TPSA) is 119 Å². The number of esters is 1. The van der Waals surface area contributed by atoms with Gasteiger partial charge in [0.15, 0.2) is 6.10 Å². The summed E-state index contributed by atoms with van der Waals surface area (Å²) in [5.41, 5.74) is 1.65. The van der Waals surface area contributed by atoms with Crippen molar-refractivity contribution in [1.82, 2.24) is 10.0 Å². The largest absolute Gasteiger partial charge is 0.448 e. The molecule has 0 fully saturated rings. The van der Waals surface area contributed by atoms with Crippen LogP contribution in [0.4, 0.5) is 0 Å². The summed E-state index contributed by atoms with van der Waals surface area (Å²) in [7, 11) is -3.89. The first-order valence-electron chi connectivity index (χ1n) is 10.5. The van der Waals surface area contributed by atoms with E-state index in [1.54, 1.807) is 54.6 Å². The molecule has 3 aromatic rings. The van der Waals surface area contributed by atoms with Gasteiger partial charge in [0.1, 0.15) is 6.54 Å². The SMILES string of the molecule is Cc1ccc(S(=O)(=O)NCC(=O)NCC(=O)O[C@@H](C(=O)c2ccc(Cl)cc2)c2ccccc2)cc1. The number of hydrogen-bond acceptors (Lipinski definition) is 6. The van der Waals surface area contributed by atoms with E-state index in [4.69, 9.17) is 16.3 Å². The van der Waals surface area contributed by atoms with E-state index in [1.807, 2.05) is 6.92 Å². The molecule has 0 aliphatic heterocycles. The van der Waals surface area contributed by atoms with E-state index in [1.165, 1.54) is 24.3 Å². The van der Waals surface area contributed by atoms with Gasteiger partial charge in [0.25, 0.3) is 0 Å². The first-order chi connectivity index (χ1) is 16.7. The number of ketones is 1. The number of benzene rings is 3. The van der Waals surface area contributed by atoms with E-state index in [9.17, 15) is 22.8 Å². The van der Waals surface area contributed by atoms with Crippen LogP contribution < -0.4 is 10.0 Å². The van der Waals surface area contributed by atoms with Crippen LogP contribution in [-0.2, 0) is 24.3 Å². The Labute approximate surface area is 208 Å². The summed E-state index contributed by atoms with van der Waals surface area (Å²) in [4.78, 5) is 37.6. The second kappa shape index (κ2) is 11.7. The van der Waals surface area contributed by atoms with Gasteiger partial charge in [-0.25, -0.2) is 13.1 Å². The quantitative estimate of drug-likeness (QED) is 0.317.